The SMILES string of the molecule is N#CC1(CNC[C@H]2CCCC[C@@H]2NC(=O)c2cc3ccc(Cl)cc3[nH]2)CC1. The minimum atomic E-state index is -0.126. The van der Waals surface area contributed by atoms with Gasteiger partial charge in [-0.05, 0) is 56.3 Å². The lowest BCUT2D eigenvalue weighted by Gasteiger charge is -2.32. The van der Waals surface area contributed by atoms with Gasteiger partial charge < -0.3 is 15.6 Å². The van der Waals surface area contributed by atoms with Gasteiger partial charge in [-0.15, -0.1) is 0 Å². The maximum atomic E-state index is 12.8. The Morgan fingerprint density at radius 1 is 1.30 bits per heavy atom. The molecule has 1 aromatic heterocycles. The molecule has 0 aliphatic heterocycles. The van der Waals surface area contributed by atoms with Gasteiger partial charge in [0.05, 0.1) is 11.5 Å². The Balaban J connectivity index is 1.37. The first-order valence-corrected chi connectivity index (χ1v) is 10.2. The van der Waals surface area contributed by atoms with E-state index in [4.69, 9.17) is 11.6 Å². The molecule has 2 atom stereocenters. The first kappa shape index (κ1) is 18.3. The first-order valence-electron chi connectivity index (χ1n) is 9.80. The van der Waals surface area contributed by atoms with E-state index in [1.54, 1.807) is 0 Å². The number of nitrogens with one attached hydrogen (secondary N) is 3. The maximum absolute atomic E-state index is 12.8. The van der Waals surface area contributed by atoms with Gasteiger partial charge >= 0.3 is 0 Å². The molecule has 2 aliphatic rings. The van der Waals surface area contributed by atoms with Crippen LogP contribution in [0, 0.1) is 22.7 Å². The summed E-state index contributed by atoms with van der Waals surface area (Å²) in [5.74, 6) is 0.353. The minimum absolute atomic E-state index is 0.0603. The minimum Gasteiger partial charge on any atom is -0.350 e. The number of carbonyl (C=O) groups is 1. The predicted molar refractivity (Wildman–Crippen MR) is 107 cm³/mol. The number of aromatic nitrogens is 1. The third-order valence-corrected chi connectivity index (χ3v) is 6.25. The number of nitrogens with zero attached hydrogens (tertiary/aromatic N) is 1. The van der Waals surface area contributed by atoms with Crippen molar-refractivity contribution in [3.05, 3.63) is 35.0 Å². The Bertz CT molecular complexity index is 880. The fourth-order valence-electron chi connectivity index (χ4n) is 4.09. The van der Waals surface area contributed by atoms with Gasteiger partial charge in [0.1, 0.15) is 5.69 Å². The van der Waals surface area contributed by atoms with E-state index in [1.165, 1.54) is 6.42 Å². The number of rotatable bonds is 6. The van der Waals surface area contributed by atoms with Crippen molar-refractivity contribution in [1.82, 2.24) is 15.6 Å². The zero-order chi connectivity index (χ0) is 18.9. The quantitative estimate of drug-likeness (QED) is 0.704. The lowest BCUT2D eigenvalue weighted by molar-refractivity contribution is 0.0901. The second kappa shape index (κ2) is 7.53. The number of nitriles is 1. The van der Waals surface area contributed by atoms with Crippen molar-refractivity contribution in [3.8, 4) is 6.07 Å². The lowest BCUT2D eigenvalue weighted by Crippen LogP contribution is -2.46. The van der Waals surface area contributed by atoms with Crippen molar-refractivity contribution in [2.24, 2.45) is 11.3 Å². The molecule has 0 saturated heterocycles. The molecule has 5 nitrogen and oxygen atoms in total. The van der Waals surface area contributed by atoms with Gasteiger partial charge in [-0.25, -0.2) is 0 Å². The topological polar surface area (TPSA) is 80.7 Å². The van der Waals surface area contributed by atoms with Crippen LogP contribution in [0.1, 0.15) is 49.0 Å². The van der Waals surface area contributed by atoms with E-state index in [0.717, 1.165) is 56.1 Å². The van der Waals surface area contributed by atoms with Gasteiger partial charge in [0.2, 0.25) is 0 Å². The zero-order valence-electron chi connectivity index (χ0n) is 15.4. The van der Waals surface area contributed by atoms with E-state index in [0.29, 0.717) is 16.6 Å². The molecule has 2 aliphatic carbocycles. The van der Waals surface area contributed by atoms with Crippen LogP contribution in [0.3, 0.4) is 0 Å². The molecule has 0 radical (unpaired) electrons. The fourth-order valence-corrected chi connectivity index (χ4v) is 4.26. The van der Waals surface area contributed by atoms with Gasteiger partial charge in [-0.1, -0.05) is 30.5 Å². The average molecular weight is 385 g/mol. The standard InChI is InChI=1S/C21H25ClN4O/c22-16-6-5-14-9-19(25-18(14)10-16)20(27)26-17-4-2-1-3-15(17)11-24-13-21(12-23)7-8-21/h5-6,9-10,15,17,24-25H,1-4,7-8,11,13H2,(H,26,27)/t15-,17+/m1/s1. The maximum Gasteiger partial charge on any atom is 0.267 e. The molecule has 1 heterocycles. The monoisotopic (exact) mass is 384 g/mol. The van der Waals surface area contributed by atoms with E-state index < -0.39 is 0 Å². The summed E-state index contributed by atoms with van der Waals surface area (Å²) < 4.78 is 0. The van der Waals surface area contributed by atoms with E-state index in [-0.39, 0.29) is 17.4 Å². The van der Waals surface area contributed by atoms with Crippen molar-refractivity contribution < 1.29 is 4.79 Å². The van der Waals surface area contributed by atoms with Crippen LogP contribution in [0.15, 0.2) is 24.3 Å². The Hall–Kier alpha value is -2.03. The summed E-state index contributed by atoms with van der Waals surface area (Å²) in [6.07, 6.45) is 6.48. The van der Waals surface area contributed by atoms with E-state index in [1.807, 2.05) is 24.3 Å². The summed E-state index contributed by atoms with van der Waals surface area (Å²) >= 11 is 6.03. The number of halogens is 1. The van der Waals surface area contributed by atoms with Crippen LogP contribution in [-0.2, 0) is 0 Å². The molecular weight excluding hydrogens is 360 g/mol. The summed E-state index contributed by atoms with van der Waals surface area (Å²) in [5.41, 5.74) is 1.32. The van der Waals surface area contributed by atoms with Crippen LogP contribution in [0.2, 0.25) is 5.02 Å². The summed E-state index contributed by atoms with van der Waals surface area (Å²) in [6, 6.07) is 10.1. The molecule has 2 aromatic rings. The van der Waals surface area contributed by atoms with Crippen molar-refractivity contribution in [1.29, 1.82) is 5.26 Å². The van der Waals surface area contributed by atoms with Crippen LogP contribution < -0.4 is 10.6 Å². The lowest BCUT2D eigenvalue weighted by atomic mass is 9.84. The molecule has 1 aromatic carbocycles. The van der Waals surface area contributed by atoms with Crippen molar-refractivity contribution >= 4 is 28.4 Å². The molecule has 2 fully saturated rings. The number of hydrogen-bond donors (Lipinski definition) is 3. The molecule has 6 heteroatoms. The Morgan fingerprint density at radius 2 is 2.11 bits per heavy atom. The van der Waals surface area contributed by atoms with Crippen LogP contribution in [0.25, 0.3) is 10.9 Å². The molecule has 142 valence electrons. The van der Waals surface area contributed by atoms with Crippen LogP contribution in [0.5, 0.6) is 0 Å². The third kappa shape index (κ3) is 4.12. The molecule has 0 bridgehead atoms. The highest BCUT2D eigenvalue weighted by Crippen LogP contribution is 2.44. The van der Waals surface area contributed by atoms with Gasteiger partial charge in [0.15, 0.2) is 0 Å². The molecule has 27 heavy (non-hydrogen) atoms. The van der Waals surface area contributed by atoms with E-state index in [2.05, 4.69) is 21.7 Å². The second-order valence-electron chi connectivity index (χ2n) is 8.06. The molecule has 3 N–H and O–H groups in total. The third-order valence-electron chi connectivity index (χ3n) is 6.02. The normalized spacial score (nSPS) is 23.7. The van der Waals surface area contributed by atoms with Gasteiger partial charge in [0.25, 0.3) is 5.91 Å². The van der Waals surface area contributed by atoms with Crippen molar-refractivity contribution in [3.63, 3.8) is 0 Å². The number of aromatic amines is 1. The van der Waals surface area contributed by atoms with E-state index in [9.17, 15) is 10.1 Å². The Kier molecular flexibility index (Phi) is 5.12. The zero-order valence-corrected chi connectivity index (χ0v) is 16.1. The molecule has 0 spiro atoms. The fraction of sp³-hybridized carbons (Fsp3) is 0.524. The van der Waals surface area contributed by atoms with E-state index >= 15 is 0 Å². The number of H-pyrrole nitrogens is 1. The predicted octanol–water partition coefficient (Wildman–Crippen LogP) is 4.00. The summed E-state index contributed by atoms with van der Waals surface area (Å²) in [5, 5.41) is 17.6. The molecule has 0 unspecified atom stereocenters. The Morgan fingerprint density at radius 3 is 2.89 bits per heavy atom. The van der Waals surface area contributed by atoms with Gasteiger partial charge in [-0.2, -0.15) is 5.26 Å². The largest absolute Gasteiger partial charge is 0.350 e. The summed E-state index contributed by atoms with van der Waals surface area (Å²) in [4.78, 5) is 15.9. The highest BCUT2D eigenvalue weighted by Gasteiger charge is 2.42. The Labute approximate surface area is 164 Å². The van der Waals surface area contributed by atoms with Gasteiger partial charge in [0, 0.05) is 28.5 Å². The number of benzene rings is 1. The molecular formula is C21H25ClN4O. The smallest absolute Gasteiger partial charge is 0.267 e. The number of fused-ring (bicyclic) bond motifs is 1. The van der Waals surface area contributed by atoms with Crippen molar-refractivity contribution in [2.45, 2.75) is 44.6 Å². The first-order chi connectivity index (χ1) is 13.1. The summed E-state index contributed by atoms with van der Waals surface area (Å²) in [6.45, 7) is 1.63. The molecule has 1 amide bonds. The highest BCUT2D eigenvalue weighted by atomic mass is 35.5. The van der Waals surface area contributed by atoms with Crippen LogP contribution in [0.4, 0.5) is 0 Å². The highest BCUT2D eigenvalue weighted by molar-refractivity contribution is 6.31. The second-order valence-corrected chi connectivity index (χ2v) is 8.50. The number of carbonyl (C=O) groups excluding carboxylic acids is 1. The molecule has 2 saturated carbocycles. The van der Waals surface area contributed by atoms with Crippen LogP contribution >= 0.6 is 11.6 Å². The number of hydrogen-bond acceptors (Lipinski definition) is 3. The van der Waals surface area contributed by atoms with Gasteiger partial charge in [-0.3, -0.25) is 4.79 Å². The average Bonchev–Trinajstić information content (AvgIpc) is 3.32. The van der Waals surface area contributed by atoms with Crippen LogP contribution in [-0.4, -0.2) is 30.0 Å². The van der Waals surface area contributed by atoms with Crippen molar-refractivity contribution in [2.75, 3.05) is 13.1 Å². The molecule has 4 rings (SSSR count). The summed E-state index contributed by atoms with van der Waals surface area (Å²) in [7, 11) is 0. The number of amides is 1.